The van der Waals surface area contributed by atoms with Gasteiger partial charge in [0.2, 0.25) is 0 Å². The lowest BCUT2D eigenvalue weighted by molar-refractivity contribution is -0.134. The average Bonchev–Trinajstić information content (AvgIpc) is 3.04. The topological polar surface area (TPSA) is 70.1 Å². The van der Waals surface area contributed by atoms with E-state index in [1.54, 1.807) is 0 Å². The Kier molecular flexibility index (Phi) is 11.1. The van der Waals surface area contributed by atoms with Crippen LogP contribution in [0.25, 0.3) is 0 Å². The number of aliphatic hydroxyl groups is 1. The van der Waals surface area contributed by atoms with Gasteiger partial charge in [0.25, 0.3) is 5.97 Å². The number of carboxylic acids is 1. The van der Waals surface area contributed by atoms with Gasteiger partial charge in [-0.2, -0.15) is 0 Å². The number of aliphatic carboxylic acids is 1. The van der Waals surface area contributed by atoms with Gasteiger partial charge in [-0.1, -0.05) is 39.0 Å². The van der Waals surface area contributed by atoms with Gasteiger partial charge in [0.1, 0.15) is 0 Å². The van der Waals surface area contributed by atoms with Crippen molar-refractivity contribution in [2.24, 2.45) is 0 Å². The van der Waals surface area contributed by atoms with Crippen molar-refractivity contribution < 1.29 is 19.7 Å². The normalized spacial score (nSPS) is 21.1. The number of hydrogen-bond donors (Lipinski definition) is 2. The van der Waals surface area contributed by atoms with E-state index in [9.17, 15) is 0 Å². The summed E-state index contributed by atoms with van der Waals surface area (Å²) in [6, 6.07) is 0. The average molecular weight is 260 g/mol. The molecule has 0 saturated carbocycles. The van der Waals surface area contributed by atoms with Gasteiger partial charge in [-0.15, -0.1) is 0 Å². The van der Waals surface area contributed by atoms with E-state index in [2.05, 4.69) is 6.92 Å². The lowest BCUT2D eigenvalue weighted by Crippen LogP contribution is -1.94. The molecule has 2 N–H and O–H groups in total. The van der Waals surface area contributed by atoms with Crippen LogP contribution in [0.5, 0.6) is 0 Å². The minimum Gasteiger partial charge on any atom is -0.481 e. The van der Waals surface area contributed by atoms with E-state index < -0.39 is 5.97 Å². The molecule has 1 rings (SSSR count). The van der Waals surface area contributed by atoms with Crippen LogP contribution in [0.2, 0.25) is 0 Å². The highest BCUT2D eigenvalue weighted by Gasteiger charge is 2.36. The van der Waals surface area contributed by atoms with Gasteiger partial charge in [-0.05, 0) is 19.3 Å². The van der Waals surface area contributed by atoms with Crippen LogP contribution in [-0.4, -0.2) is 35.0 Å². The smallest absolute Gasteiger partial charge is 0.300 e. The van der Waals surface area contributed by atoms with Gasteiger partial charge in [0.15, 0.2) is 0 Å². The highest BCUT2D eigenvalue weighted by molar-refractivity contribution is 5.62. The number of hydrogen-bond acceptors (Lipinski definition) is 3. The molecule has 4 heteroatoms. The number of ether oxygens (including phenoxy) is 1. The monoisotopic (exact) mass is 260 g/mol. The number of epoxide rings is 1. The summed E-state index contributed by atoms with van der Waals surface area (Å²) in [4.78, 5) is 9.00. The Morgan fingerprint density at radius 2 is 1.56 bits per heavy atom. The molecule has 0 aliphatic carbocycles. The molecule has 0 aromatic heterocycles. The van der Waals surface area contributed by atoms with Crippen LogP contribution >= 0.6 is 0 Å². The Morgan fingerprint density at radius 3 is 2.06 bits per heavy atom. The van der Waals surface area contributed by atoms with Gasteiger partial charge >= 0.3 is 0 Å². The number of rotatable bonds is 9. The van der Waals surface area contributed by atoms with Crippen LogP contribution in [0.3, 0.4) is 0 Å². The first-order valence-corrected chi connectivity index (χ1v) is 7.07. The van der Waals surface area contributed by atoms with E-state index in [0.29, 0.717) is 18.8 Å². The molecule has 0 bridgehead atoms. The van der Waals surface area contributed by atoms with Crippen molar-refractivity contribution in [2.45, 2.75) is 77.4 Å². The minimum absolute atomic E-state index is 0.346. The Bertz CT molecular complexity index is 202. The maximum absolute atomic E-state index is 9.00. The lowest BCUT2D eigenvalue weighted by atomic mass is 10.1. The first-order valence-electron chi connectivity index (χ1n) is 7.07. The van der Waals surface area contributed by atoms with E-state index in [1.807, 2.05) is 0 Å². The zero-order valence-corrected chi connectivity index (χ0v) is 11.7. The maximum atomic E-state index is 9.00. The molecule has 1 saturated heterocycles. The molecule has 2 unspecified atom stereocenters. The summed E-state index contributed by atoms with van der Waals surface area (Å²) in [6.45, 7) is 3.66. The fourth-order valence-electron chi connectivity index (χ4n) is 1.90. The quantitative estimate of drug-likeness (QED) is 0.494. The Morgan fingerprint density at radius 1 is 1.06 bits per heavy atom. The second-order valence-electron chi connectivity index (χ2n) is 4.80. The van der Waals surface area contributed by atoms with E-state index in [-0.39, 0.29) is 0 Å². The third-order valence-electron chi connectivity index (χ3n) is 2.93. The van der Waals surface area contributed by atoms with Crippen molar-refractivity contribution in [3.8, 4) is 0 Å². The van der Waals surface area contributed by atoms with E-state index in [4.69, 9.17) is 19.7 Å². The predicted octanol–water partition coefficient (Wildman–Crippen LogP) is 2.98. The van der Waals surface area contributed by atoms with Crippen LogP contribution in [0, 0.1) is 0 Å². The van der Waals surface area contributed by atoms with Crippen LogP contribution in [-0.2, 0) is 9.53 Å². The molecule has 1 heterocycles. The highest BCUT2D eigenvalue weighted by Crippen LogP contribution is 2.31. The van der Waals surface area contributed by atoms with Gasteiger partial charge < -0.3 is 14.9 Å². The molecule has 18 heavy (non-hydrogen) atoms. The first-order chi connectivity index (χ1) is 8.61. The molecule has 1 fully saturated rings. The SMILES string of the molecule is CC(=O)O.CCCCC1OC1CCCCCCO. The van der Waals surface area contributed by atoms with Crippen molar-refractivity contribution in [1.82, 2.24) is 0 Å². The molecule has 0 radical (unpaired) electrons. The molecule has 108 valence electrons. The summed E-state index contributed by atoms with van der Waals surface area (Å²) in [6.07, 6.45) is 10.9. The molecule has 0 amide bonds. The second-order valence-corrected chi connectivity index (χ2v) is 4.80. The highest BCUT2D eigenvalue weighted by atomic mass is 16.6. The largest absolute Gasteiger partial charge is 0.481 e. The van der Waals surface area contributed by atoms with Crippen molar-refractivity contribution in [3.05, 3.63) is 0 Å². The summed E-state index contributed by atoms with van der Waals surface area (Å²) < 4.78 is 5.58. The van der Waals surface area contributed by atoms with Crippen molar-refractivity contribution in [2.75, 3.05) is 6.61 Å². The molecular weight excluding hydrogens is 232 g/mol. The number of carbonyl (C=O) groups is 1. The summed E-state index contributed by atoms with van der Waals surface area (Å²) in [5, 5.41) is 16.0. The van der Waals surface area contributed by atoms with E-state index in [0.717, 1.165) is 13.3 Å². The van der Waals surface area contributed by atoms with Crippen LogP contribution in [0.15, 0.2) is 0 Å². The number of aliphatic hydroxyl groups excluding tert-OH is 1. The van der Waals surface area contributed by atoms with Crippen LogP contribution < -0.4 is 0 Å². The van der Waals surface area contributed by atoms with Crippen molar-refractivity contribution in [3.63, 3.8) is 0 Å². The van der Waals surface area contributed by atoms with E-state index >= 15 is 0 Å². The van der Waals surface area contributed by atoms with Gasteiger partial charge in [-0.25, -0.2) is 0 Å². The van der Waals surface area contributed by atoms with Crippen molar-refractivity contribution in [1.29, 1.82) is 0 Å². The van der Waals surface area contributed by atoms with Gasteiger partial charge in [0.05, 0.1) is 12.2 Å². The standard InChI is InChI=1S/C12H24O2.C2H4O2/c1-2-3-8-11-12(14-11)9-6-4-5-7-10-13;1-2(3)4/h11-13H,2-10H2,1H3;1H3,(H,3,4). The van der Waals surface area contributed by atoms with Crippen molar-refractivity contribution >= 4 is 5.97 Å². The first kappa shape index (κ1) is 17.4. The maximum Gasteiger partial charge on any atom is 0.300 e. The predicted molar refractivity (Wildman–Crippen MR) is 71.7 cm³/mol. The fraction of sp³-hybridized carbons (Fsp3) is 0.929. The van der Waals surface area contributed by atoms with E-state index in [1.165, 1.54) is 44.9 Å². The summed E-state index contributed by atoms with van der Waals surface area (Å²) >= 11 is 0. The van der Waals surface area contributed by atoms with Crippen LogP contribution in [0.1, 0.15) is 65.2 Å². The van der Waals surface area contributed by atoms with Crippen LogP contribution in [0.4, 0.5) is 0 Å². The summed E-state index contributed by atoms with van der Waals surface area (Å²) in [5.74, 6) is -0.833. The molecular formula is C14H28O4. The molecule has 1 aliphatic heterocycles. The molecule has 0 aromatic carbocycles. The molecule has 0 spiro atoms. The Hall–Kier alpha value is -0.610. The molecule has 4 nitrogen and oxygen atoms in total. The van der Waals surface area contributed by atoms with Gasteiger partial charge in [0, 0.05) is 13.5 Å². The molecule has 0 aromatic rings. The Balaban J connectivity index is 0.000000631. The lowest BCUT2D eigenvalue weighted by Gasteiger charge is -1.97. The second kappa shape index (κ2) is 11.5. The Labute approximate surface area is 110 Å². The number of carboxylic acid groups (broad SMARTS) is 1. The third-order valence-corrected chi connectivity index (χ3v) is 2.93. The zero-order chi connectivity index (χ0) is 13.8. The minimum atomic E-state index is -0.833. The fourth-order valence-corrected chi connectivity index (χ4v) is 1.90. The number of unbranched alkanes of at least 4 members (excludes halogenated alkanes) is 4. The summed E-state index contributed by atoms with van der Waals surface area (Å²) in [5.41, 5.74) is 0. The van der Waals surface area contributed by atoms with Gasteiger partial charge in [-0.3, -0.25) is 4.79 Å². The molecule has 2 atom stereocenters. The zero-order valence-electron chi connectivity index (χ0n) is 11.7. The molecule has 1 aliphatic rings. The summed E-state index contributed by atoms with van der Waals surface area (Å²) in [7, 11) is 0. The third kappa shape index (κ3) is 11.9.